The molecular weight excluding hydrogens is 284 g/mol. The SMILES string of the molecule is CC(C)CC(=O)Oc1c2n(ncc1=O)[C@@H](C)Cn1ccnc1-2. The summed E-state index contributed by atoms with van der Waals surface area (Å²) in [6, 6.07) is 0.0415. The number of hydrogen-bond donors (Lipinski definition) is 0. The van der Waals surface area contributed by atoms with Gasteiger partial charge >= 0.3 is 5.97 Å². The van der Waals surface area contributed by atoms with Crippen LogP contribution in [0.3, 0.4) is 0 Å². The van der Waals surface area contributed by atoms with Crippen LogP contribution in [0.2, 0.25) is 0 Å². The quantitative estimate of drug-likeness (QED) is 0.805. The van der Waals surface area contributed by atoms with Gasteiger partial charge in [-0.3, -0.25) is 14.3 Å². The molecule has 0 fully saturated rings. The highest BCUT2D eigenvalue weighted by Crippen LogP contribution is 2.32. The van der Waals surface area contributed by atoms with E-state index in [-0.39, 0.29) is 24.1 Å². The molecule has 116 valence electrons. The van der Waals surface area contributed by atoms with Crippen molar-refractivity contribution in [1.82, 2.24) is 19.3 Å². The molecule has 2 aromatic rings. The number of nitrogens with zero attached hydrogens (tertiary/aromatic N) is 4. The third-order valence-corrected chi connectivity index (χ3v) is 3.56. The summed E-state index contributed by atoms with van der Waals surface area (Å²) < 4.78 is 8.99. The summed E-state index contributed by atoms with van der Waals surface area (Å²) in [6.45, 7) is 6.54. The van der Waals surface area contributed by atoms with Gasteiger partial charge in [-0.15, -0.1) is 0 Å². The average molecular weight is 302 g/mol. The molecule has 7 nitrogen and oxygen atoms in total. The Morgan fingerprint density at radius 3 is 3.00 bits per heavy atom. The maximum atomic E-state index is 12.2. The number of rotatable bonds is 3. The molecule has 0 saturated carbocycles. The van der Waals surface area contributed by atoms with E-state index < -0.39 is 11.4 Å². The lowest BCUT2D eigenvalue weighted by Gasteiger charge is -2.26. The molecule has 0 spiro atoms. The first-order chi connectivity index (χ1) is 10.5. The molecule has 3 heterocycles. The van der Waals surface area contributed by atoms with E-state index in [1.807, 2.05) is 31.5 Å². The second-order valence-electron chi connectivity index (χ2n) is 5.96. The molecule has 0 N–H and O–H groups in total. The number of carbonyl (C=O) groups is 1. The van der Waals surface area contributed by atoms with Crippen molar-refractivity contribution in [2.45, 2.75) is 39.8 Å². The van der Waals surface area contributed by atoms with E-state index in [1.54, 1.807) is 10.9 Å². The summed E-state index contributed by atoms with van der Waals surface area (Å²) in [5.41, 5.74) is 0.0559. The molecule has 0 radical (unpaired) electrons. The van der Waals surface area contributed by atoms with Crippen molar-refractivity contribution in [3.63, 3.8) is 0 Å². The molecule has 1 atom stereocenters. The zero-order valence-electron chi connectivity index (χ0n) is 12.8. The molecular formula is C15H18N4O3. The number of aromatic nitrogens is 4. The molecule has 0 aromatic carbocycles. The molecule has 0 unspecified atom stereocenters. The number of imidazole rings is 1. The molecule has 3 rings (SSSR count). The molecule has 0 amide bonds. The number of esters is 1. The van der Waals surface area contributed by atoms with E-state index in [0.717, 1.165) is 0 Å². The molecule has 0 bridgehead atoms. The van der Waals surface area contributed by atoms with Crippen LogP contribution in [-0.4, -0.2) is 25.3 Å². The Bertz CT molecular complexity index is 775. The van der Waals surface area contributed by atoms with Crippen molar-refractivity contribution in [2.75, 3.05) is 0 Å². The first-order valence-corrected chi connectivity index (χ1v) is 7.31. The molecule has 0 aliphatic carbocycles. The molecule has 1 aliphatic heterocycles. The van der Waals surface area contributed by atoms with Gasteiger partial charge in [-0.05, 0) is 12.8 Å². The highest BCUT2D eigenvalue weighted by molar-refractivity contribution is 5.75. The Balaban J connectivity index is 2.10. The number of fused-ring (bicyclic) bond motifs is 3. The van der Waals surface area contributed by atoms with E-state index in [0.29, 0.717) is 18.1 Å². The van der Waals surface area contributed by atoms with Crippen LogP contribution in [0.25, 0.3) is 11.5 Å². The Morgan fingerprint density at radius 1 is 1.50 bits per heavy atom. The van der Waals surface area contributed by atoms with Gasteiger partial charge in [-0.1, -0.05) is 13.8 Å². The fraction of sp³-hybridized carbons (Fsp3) is 0.467. The van der Waals surface area contributed by atoms with Gasteiger partial charge in [0.05, 0.1) is 12.2 Å². The van der Waals surface area contributed by atoms with E-state index in [9.17, 15) is 9.59 Å². The zero-order chi connectivity index (χ0) is 15.9. The van der Waals surface area contributed by atoms with Crippen LogP contribution in [0.1, 0.15) is 33.2 Å². The van der Waals surface area contributed by atoms with E-state index in [4.69, 9.17) is 4.74 Å². The van der Waals surface area contributed by atoms with Crippen LogP contribution < -0.4 is 10.2 Å². The average Bonchev–Trinajstić information content (AvgIpc) is 2.88. The Labute approximate surface area is 127 Å². The number of carbonyl (C=O) groups excluding carboxylic acids is 1. The molecule has 0 saturated heterocycles. The van der Waals surface area contributed by atoms with Crippen LogP contribution >= 0.6 is 0 Å². The minimum absolute atomic E-state index is 0.0136. The maximum Gasteiger partial charge on any atom is 0.311 e. The highest BCUT2D eigenvalue weighted by Gasteiger charge is 2.28. The molecule has 2 aromatic heterocycles. The van der Waals surface area contributed by atoms with E-state index >= 15 is 0 Å². The smallest absolute Gasteiger partial charge is 0.311 e. The normalized spacial score (nSPS) is 16.3. The third kappa shape index (κ3) is 2.43. The molecule has 7 heteroatoms. The van der Waals surface area contributed by atoms with Crippen molar-refractivity contribution in [3.8, 4) is 17.3 Å². The van der Waals surface area contributed by atoms with Crippen molar-refractivity contribution in [1.29, 1.82) is 0 Å². The molecule has 1 aliphatic rings. The fourth-order valence-electron chi connectivity index (χ4n) is 2.61. The van der Waals surface area contributed by atoms with Gasteiger partial charge in [0.15, 0.2) is 5.82 Å². The summed E-state index contributed by atoms with van der Waals surface area (Å²) in [6.07, 6.45) is 4.95. The predicted octanol–water partition coefficient (Wildman–Crippen LogP) is 1.63. The van der Waals surface area contributed by atoms with E-state index in [1.165, 1.54) is 6.20 Å². The largest absolute Gasteiger partial charge is 0.420 e. The van der Waals surface area contributed by atoms with Gasteiger partial charge in [0.25, 0.3) is 0 Å². The van der Waals surface area contributed by atoms with Gasteiger partial charge in [0.1, 0.15) is 5.69 Å². The Hall–Kier alpha value is -2.44. The van der Waals surface area contributed by atoms with Crippen LogP contribution in [0.4, 0.5) is 0 Å². The minimum Gasteiger partial charge on any atom is -0.420 e. The summed E-state index contributed by atoms with van der Waals surface area (Å²) in [5, 5.41) is 4.17. The van der Waals surface area contributed by atoms with Crippen LogP contribution in [0.5, 0.6) is 5.75 Å². The van der Waals surface area contributed by atoms with Gasteiger partial charge in [-0.2, -0.15) is 5.10 Å². The Kier molecular flexibility index (Phi) is 3.56. The summed E-state index contributed by atoms with van der Waals surface area (Å²) in [7, 11) is 0. The first-order valence-electron chi connectivity index (χ1n) is 7.31. The fourth-order valence-corrected chi connectivity index (χ4v) is 2.61. The topological polar surface area (TPSA) is 79.0 Å². The number of hydrogen-bond acceptors (Lipinski definition) is 5. The monoisotopic (exact) mass is 302 g/mol. The highest BCUT2D eigenvalue weighted by atomic mass is 16.5. The van der Waals surface area contributed by atoms with Crippen molar-refractivity contribution in [3.05, 3.63) is 28.8 Å². The lowest BCUT2D eigenvalue weighted by molar-refractivity contribution is -0.135. The van der Waals surface area contributed by atoms with E-state index in [2.05, 4.69) is 10.1 Å². The summed E-state index contributed by atoms with van der Waals surface area (Å²) in [4.78, 5) is 28.4. The lowest BCUT2D eigenvalue weighted by Crippen LogP contribution is -2.28. The third-order valence-electron chi connectivity index (χ3n) is 3.56. The predicted molar refractivity (Wildman–Crippen MR) is 79.5 cm³/mol. The molecule has 22 heavy (non-hydrogen) atoms. The van der Waals surface area contributed by atoms with Crippen molar-refractivity contribution >= 4 is 5.97 Å². The summed E-state index contributed by atoms with van der Waals surface area (Å²) >= 11 is 0. The van der Waals surface area contributed by atoms with Gasteiger partial charge < -0.3 is 9.30 Å². The van der Waals surface area contributed by atoms with Crippen molar-refractivity contribution in [2.24, 2.45) is 5.92 Å². The van der Waals surface area contributed by atoms with Crippen LogP contribution in [0.15, 0.2) is 23.4 Å². The van der Waals surface area contributed by atoms with Crippen molar-refractivity contribution < 1.29 is 9.53 Å². The second-order valence-corrected chi connectivity index (χ2v) is 5.96. The first kappa shape index (κ1) is 14.5. The lowest BCUT2D eigenvalue weighted by atomic mass is 10.1. The zero-order valence-corrected chi connectivity index (χ0v) is 12.8. The van der Waals surface area contributed by atoms with Gasteiger partial charge in [-0.25, -0.2) is 4.98 Å². The van der Waals surface area contributed by atoms with Crippen LogP contribution in [0, 0.1) is 5.92 Å². The number of ether oxygens (including phenoxy) is 1. The maximum absolute atomic E-state index is 12.2. The van der Waals surface area contributed by atoms with Gasteiger partial charge in [0, 0.05) is 25.4 Å². The van der Waals surface area contributed by atoms with Gasteiger partial charge in [0.2, 0.25) is 11.2 Å². The standard InChI is InChI=1S/C15H18N4O3/c1-9(2)6-12(21)22-14-11(20)7-17-19-10(3)8-18-5-4-16-15(18)13(14)19/h4-5,7,9-10H,6,8H2,1-3H3/t10-/m0/s1. The summed E-state index contributed by atoms with van der Waals surface area (Å²) in [5.74, 6) is 0.349. The minimum atomic E-state index is -0.419. The van der Waals surface area contributed by atoms with Crippen LogP contribution in [-0.2, 0) is 11.3 Å². The Morgan fingerprint density at radius 2 is 2.27 bits per heavy atom. The second kappa shape index (κ2) is 5.40.